The van der Waals surface area contributed by atoms with Gasteiger partial charge in [-0.05, 0) is 12.1 Å². The zero-order valence-corrected chi connectivity index (χ0v) is 9.28. The van der Waals surface area contributed by atoms with Crippen molar-refractivity contribution in [3.8, 4) is 0 Å². The maximum atomic E-state index is 10.6. The van der Waals surface area contributed by atoms with Crippen molar-refractivity contribution in [3.05, 3.63) is 24.3 Å². The number of nitrogens with one attached hydrogen (secondary N) is 1. The summed E-state index contributed by atoms with van der Waals surface area (Å²) in [6.45, 7) is 1.45. The molecule has 5 nitrogen and oxygen atoms in total. The highest BCUT2D eigenvalue weighted by Gasteiger charge is 2.38. The molecule has 4 N–H and O–H groups in total. The molecule has 0 unspecified atom stereocenters. The molecule has 8 heteroatoms. The average molecular weight is 264 g/mol. The highest BCUT2D eigenvalue weighted by molar-refractivity contribution is 5.91. The number of amides is 1. The summed E-state index contributed by atoms with van der Waals surface area (Å²) in [5.41, 5.74) is 6.81. The van der Waals surface area contributed by atoms with Crippen LogP contribution in [0.25, 0.3) is 0 Å². The van der Waals surface area contributed by atoms with Gasteiger partial charge in [-0.25, -0.2) is 4.79 Å². The Kier molecular flexibility index (Phi) is 5.67. The predicted molar refractivity (Wildman–Crippen MR) is 58.8 cm³/mol. The number of carboxylic acid groups (broad SMARTS) is 1. The van der Waals surface area contributed by atoms with Crippen LogP contribution in [0, 0.1) is 0 Å². The van der Waals surface area contributed by atoms with Crippen LogP contribution in [0.4, 0.5) is 24.5 Å². The second-order valence-corrected chi connectivity index (χ2v) is 3.07. The Morgan fingerprint density at radius 2 is 1.72 bits per heavy atom. The first-order valence-electron chi connectivity index (χ1n) is 4.56. The number of carboxylic acids is 1. The first-order valence-corrected chi connectivity index (χ1v) is 4.56. The first-order chi connectivity index (χ1) is 8.14. The Balaban J connectivity index is 0.000000360. The molecular weight excluding hydrogens is 253 g/mol. The smallest absolute Gasteiger partial charge is 0.475 e. The van der Waals surface area contributed by atoms with E-state index in [4.69, 9.17) is 15.6 Å². The molecule has 0 heterocycles. The number of hydrogen-bond donors (Lipinski definition) is 3. The van der Waals surface area contributed by atoms with E-state index < -0.39 is 12.1 Å². The van der Waals surface area contributed by atoms with E-state index in [1.165, 1.54) is 6.92 Å². The summed E-state index contributed by atoms with van der Waals surface area (Å²) in [6.07, 6.45) is -5.08. The van der Waals surface area contributed by atoms with Crippen molar-refractivity contribution in [1.82, 2.24) is 0 Å². The highest BCUT2D eigenvalue weighted by Crippen LogP contribution is 2.16. The summed E-state index contributed by atoms with van der Waals surface area (Å²) >= 11 is 0. The Labute approximate surface area is 100 Å². The summed E-state index contributed by atoms with van der Waals surface area (Å²) in [5, 5.41) is 9.73. The minimum Gasteiger partial charge on any atom is -0.475 e. The van der Waals surface area contributed by atoms with Crippen molar-refractivity contribution in [2.45, 2.75) is 13.1 Å². The topological polar surface area (TPSA) is 92.4 Å². The van der Waals surface area contributed by atoms with Gasteiger partial charge in [0.05, 0.1) is 11.4 Å². The van der Waals surface area contributed by atoms with E-state index in [0.717, 1.165) is 0 Å². The van der Waals surface area contributed by atoms with E-state index in [2.05, 4.69) is 5.32 Å². The monoisotopic (exact) mass is 264 g/mol. The van der Waals surface area contributed by atoms with E-state index in [-0.39, 0.29) is 5.91 Å². The average Bonchev–Trinajstić information content (AvgIpc) is 2.20. The van der Waals surface area contributed by atoms with Crippen molar-refractivity contribution >= 4 is 23.3 Å². The summed E-state index contributed by atoms with van der Waals surface area (Å²) in [7, 11) is 0. The number of anilines is 2. The van der Waals surface area contributed by atoms with Gasteiger partial charge in [-0.3, -0.25) is 4.79 Å². The molecule has 1 aromatic rings. The van der Waals surface area contributed by atoms with Gasteiger partial charge in [0.2, 0.25) is 5.91 Å². The number of rotatable bonds is 1. The molecule has 1 aromatic carbocycles. The lowest BCUT2D eigenvalue weighted by Gasteiger charge is -2.03. The number of carbonyl (C=O) groups is 2. The molecule has 1 amide bonds. The Bertz CT molecular complexity index is 433. The summed E-state index contributed by atoms with van der Waals surface area (Å²) < 4.78 is 31.7. The number of alkyl halides is 3. The second kappa shape index (κ2) is 6.48. The molecule has 0 bridgehead atoms. The standard InChI is InChI=1S/C8H10N2O.C2HF3O2/c1-6(11)10-8-5-3-2-4-7(8)9;3-2(4,5)1(6)7/h2-5H,9H2,1H3,(H,10,11);(H,6,7). The van der Waals surface area contributed by atoms with Crippen LogP contribution in [-0.4, -0.2) is 23.2 Å². The van der Waals surface area contributed by atoms with Crippen molar-refractivity contribution in [2.24, 2.45) is 0 Å². The van der Waals surface area contributed by atoms with Gasteiger partial charge in [0.25, 0.3) is 0 Å². The van der Waals surface area contributed by atoms with Crippen molar-refractivity contribution < 1.29 is 27.9 Å². The number of nitrogen functional groups attached to an aromatic ring is 1. The lowest BCUT2D eigenvalue weighted by Crippen LogP contribution is -2.21. The molecule has 1 rings (SSSR count). The molecule has 0 radical (unpaired) electrons. The van der Waals surface area contributed by atoms with Gasteiger partial charge in [0.15, 0.2) is 0 Å². The van der Waals surface area contributed by atoms with Crippen LogP contribution >= 0.6 is 0 Å². The third-order valence-electron chi connectivity index (χ3n) is 1.51. The quantitative estimate of drug-likeness (QED) is 0.675. The van der Waals surface area contributed by atoms with E-state index in [0.29, 0.717) is 11.4 Å². The van der Waals surface area contributed by atoms with Crippen molar-refractivity contribution in [3.63, 3.8) is 0 Å². The molecule has 0 spiro atoms. The van der Waals surface area contributed by atoms with E-state index in [9.17, 15) is 18.0 Å². The molecule has 100 valence electrons. The zero-order chi connectivity index (χ0) is 14.3. The highest BCUT2D eigenvalue weighted by atomic mass is 19.4. The molecule has 0 aliphatic heterocycles. The lowest BCUT2D eigenvalue weighted by atomic mass is 10.3. The first kappa shape index (κ1) is 15.8. The zero-order valence-electron chi connectivity index (χ0n) is 9.28. The van der Waals surface area contributed by atoms with E-state index in [1.807, 2.05) is 12.1 Å². The van der Waals surface area contributed by atoms with Crippen molar-refractivity contribution in [1.29, 1.82) is 0 Å². The van der Waals surface area contributed by atoms with Gasteiger partial charge in [0, 0.05) is 6.92 Å². The Morgan fingerprint density at radius 1 is 1.28 bits per heavy atom. The molecular formula is C10H11F3N2O3. The fourth-order valence-electron chi connectivity index (χ4n) is 0.800. The Hall–Kier alpha value is -2.25. The van der Waals surface area contributed by atoms with Gasteiger partial charge in [0.1, 0.15) is 0 Å². The number of hydrogen-bond acceptors (Lipinski definition) is 3. The van der Waals surface area contributed by atoms with Gasteiger partial charge in [-0.2, -0.15) is 13.2 Å². The predicted octanol–water partition coefficient (Wildman–Crippen LogP) is 1.86. The molecule has 0 aliphatic rings. The van der Waals surface area contributed by atoms with E-state index in [1.54, 1.807) is 12.1 Å². The molecule has 0 fully saturated rings. The summed E-state index contributed by atoms with van der Waals surface area (Å²) in [4.78, 5) is 19.5. The molecule has 18 heavy (non-hydrogen) atoms. The fourth-order valence-corrected chi connectivity index (χ4v) is 0.800. The maximum absolute atomic E-state index is 10.6. The summed E-state index contributed by atoms with van der Waals surface area (Å²) in [6, 6.07) is 7.14. The minimum absolute atomic E-state index is 0.108. The molecule has 0 aliphatic carbocycles. The molecule has 0 aromatic heterocycles. The van der Waals surface area contributed by atoms with Gasteiger partial charge in [-0.15, -0.1) is 0 Å². The third kappa shape index (κ3) is 6.36. The van der Waals surface area contributed by atoms with Crippen LogP contribution in [0.15, 0.2) is 24.3 Å². The number of benzene rings is 1. The van der Waals surface area contributed by atoms with Gasteiger partial charge >= 0.3 is 12.1 Å². The largest absolute Gasteiger partial charge is 0.490 e. The van der Waals surface area contributed by atoms with Crippen LogP contribution < -0.4 is 11.1 Å². The number of halogens is 3. The van der Waals surface area contributed by atoms with Gasteiger partial charge < -0.3 is 16.2 Å². The number of aliphatic carboxylic acids is 1. The molecule has 0 atom stereocenters. The van der Waals surface area contributed by atoms with Crippen LogP contribution in [0.2, 0.25) is 0 Å². The van der Waals surface area contributed by atoms with Crippen molar-refractivity contribution in [2.75, 3.05) is 11.1 Å². The normalized spacial score (nSPS) is 10.0. The summed E-state index contributed by atoms with van der Waals surface area (Å²) in [5.74, 6) is -2.87. The maximum Gasteiger partial charge on any atom is 0.490 e. The second-order valence-electron chi connectivity index (χ2n) is 3.07. The van der Waals surface area contributed by atoms with Crippen LogP contribution in [-0.2, 0) is 9.59 Å². The van der Waals surface area contributed by atoms with Crippen LogP contribution in [0.5, 0.6) is 0 Å². The Morgan fingerprint density at radius 3 is 2.06 bits per heavy atom. The third-order valence-corrected chi connectivity index (χ3v) is 1.51. The minimum atomic E-state index is -5.08. The van der Waals surface area contributed by atoms with Crippen LogP contribution in [0.1, 0.15) is 6.92 Å². The SMILES string of the molecule is CC(=O)Nc1ccccc1N.O=C(O)C(F)(F)F. The molecule has 0 saturated carbocycles. The van der Waals surface area contributed by atoms with Gasteiger partial charge in [-0.1, -0.05) is 12.1 Å². The number of para-hydroxylation sites is 2. The van der Waals surface area contributed by atoms with Crippen LogP contribution in [0.3, 0.4) is 0 Å². The lowest BCUT2D eigenvalue weighted by molar-refractivity contribution is -0.192. The van der Waals surface area contributed by atoms with E-state index >= 15 is 0 Å². The number of carbonyl (C=O) groups excluding carboxylic acids is 1. The number of nitrogens with two attached hydrogens (primary N) is 1. The fraction of sp³-hybridized carbons (Fsp3) is 0.200. The molecule has 0 saturated heterocycles.